The fourth-order valence-electron chi connectivity index (χ4n) is 1.40. The molecule has 0 unspecified atom stereocenters. The molecule has 0 saturated carbocycles. The van der Waals surface area contributed by atoms with Gasteiger partial charge in [-0.3, -0.25) is 0 Å². The van der Waals surface area contributed by atoms with Gasteiger partial charge in [-0.05, 0) is 19.9 Å². The summed E-state index contributed by atoms with van der Waals surface area (Å²) in [6.07, 6.45) is 0.202. The summed E-state index contributed by atoms with van der Waals surface area (Å²) in [6.45, 7) is 3.18. The molecule has 0 fully saturated rings. The van der Waals surface area contributed by atoms with Crippen LogP contribution in [0.1, 0.15) is 19.4 Å². The molecule has 1 N–H and O–H groups in total. The molecule has 2 nitrogen and oxygen atoms in total. The van der Waals surface area contributed by atoms with Crippen LogP contribution in [0.15, 0.2) is 12.1 Å². The van der Waals surface area contributed by atoms with Gasteiger partial charge in [0, 0.05) is 12.0 Å². The highest BCUT2D eigenvalue weighted by Gasteiger charge is 2.20. The zero-order valence-electron chi connectivity index (χ0n) is 8.97. The Balaban J connectivity index is 3.14. The van der Waals surface area contributed by atoms with Gasteiger partial charge in [-0.2, -0.15) is 4.39 Å². The molecule has 0 aliphatic heterocycles. The molecule has 0 heterocycles. The molecule has 4 heteroatoms. The number of hydrogen-bond acceptors (Lipinski definition) is 2. The molecule has 0 saturated heterocycles. The van der Waals surface area contributed by atoms with E-state index in [9.17, 15) is 13.9 Å². The van der Waals surface area contributed by atoms with Gasteiger partial charge in [0.1, 0.15) is 0 Å². The summed E-state index contributed by atoms with van der Waals surface area (Å²) >= 11 is 0. The molecule has 0 radical (unpaired) electrons. The number of methoxy groups -OCH3 is 1. The smallest absolute Gasteiger partial charge is 0.200 e. The molecule has 0 aromatic heterocycles. The zero-order chi connectivity index (χ0) is 11.6. The van der Waals surface area contributed by atoms with E-state index in [2.05, 4.69) is 0 Å². The predicted molar refractivity (Wildman–Crippen MR) is 52.9 cm³/mol. The average Bonchev–Trinajstić information content (AvgIpc) is 2.10. The highest BCUT2D eigenvalue weighted by Crippen LogP contribution is 2.27. The highest BCUT2D eigenvalue weighted by molar-refractivity contribution is 5.36. The lowest BCUT2D eigenvalue weighted by Crippen LogP contribution is -2.22. The topological polar surface area (TPSA) is 29.5 Å². The van der Waals surface area contributed by atoms with Gasteiger partial charge in [0.05, 0.1) is 12.7 Å². The fourth-order valence-corrected chi connectivity index (χ4v) is 1.40. The summed E-state index contributed by atoms with van der Waals surface area (Å²) in [5.74, 6) is -2.11. The predicted octanol–water partition coefficient (Wildman–Crippen LogP) is 2.29. The second kappa shape index (κ2) is 4.14. The Kier molecular flexibility index (Phi) is 3.29. The Morgan fingerprint density at radius 1 is 1.33 bits per heavy atom. The first kappa shape index (κ1) is 11.9. The molecule has 15 heavy (non-hydrogen) atoms. The minimum atomic E-state index is -1.01. The number of benzene rings is 1. The number of rotatable bonds is 3. The van der Waals surface area contributed by atoms with Gasteiger partial charge < -0.3 is 9.84 Å². The van der Waals surface area contributed by atoms with Crippen molar-refractivity contribution in [3.05, 3.63) is 29.3 Å². The third kappa shape index (κ3) is 2.89. The SMILES string of the molecule is COc1c(CC(C)(C)O)ccc(F)c1F. The highest BCUT2D eigenvalue weighted by atomic mass is 19.2. The van der Waals surface area contributed by atoms with Crippen LogP contribution in [0.2, 0.25) is 0 Å². The minimum Gasteiger partial charge on any atom is -0.493 e. The first-order chi connectivity index (χ1) is 6.85. The van der Waals surface area contributed by atoms with Gasteiger partial charge in [-0.1, -0.05) is 6.07 Å². The molecule has 84 valence electrons. The lowest BCUT2D eigenvalue weighted by Gasteiger charge is -2.19. The largest absolute Gasteiger partial charge is 0.493 e. The fraction of sp³-hybridized carbons (Fsp3) is 0.455. The molecule has 0 atom stereocenters. The lowest BCUT2D eigenvalue weighted by molar-refractivity contribution is 0.0801. The van der Waals surface area contributed by atoms with E-state index < -0.39 is 17.2 Å². The van der Waals surface area contributed by atoms with E-state index in [4.69, 9.17) is 4.74 Å². The first-order valence-electron chi connectivity index (χ1n) is 4.58. The lowest BCUT2D eigenvalue weighted by atomic mass is 9.98. The Labute approximate surface area is 87.5 Å². The Hall–Kier alpha value is -1.16. The monoisotopic (exact) mass is 216 g/mol. The van der Waals surface area contributed by atoms with Gasteiger partial charge in [0.2, 0.25) is 5.82 Å². The van der Waals surface area contributed by atoms with E-state index in [1.54, 1.807) is 13.8 Å². The van der Waals surface area contributed by atoms with Crippen LogP contribution in [0.25, 0.3) is 0 Å². The maximum absolute atomic E-state index is 13.3. The number of hydrogen-bond donors (Lipinski definition) is 1. The van der Waals surface area contributed by atoms with Gasteiger partial charge in [-0.15, -0.1) is 0 Å². The molecule has 0 amide bonds. The third-order valence-corrected chi connectivity index (χ3v) is 1.96. The Morgan fingerprint density at radius 3 is 2.40 bits per heavy atom. The number of aliphatic hydroxyl groups is 1. The Bertz CT molecular complexity index is 356. The normalized spacial score (nSPS) is 11.6. The van der Waals surface area contributed by atoms with E-state index in [1.165, 1.54) is 13.2 Å². The summed E-state index contributed by atoms with van der Waals surface area (Å²) in [7, 11) is 1.27. The van der Waals surface area contributed by atoms with Gasteiger partial charge in [0.15, 0.2) is 11.6 Å². The van der Waals surface area contributed by atoms with Crippen molar-refractivity contribution in [1.82, 2.24) is 0 Å². The van der Waals surface area contributed by atoms with Crippen LogP contribution in [0.3, 0.4) is 0 Å². The molecule has 0 spiro atoms. The second-order valence-electron chi connectivity index (χ2n) is 4.04. The Morgan fingerprint density at radius 2 is 1.93 bits per heavy atom. The van der Waals surface area contributed by atoms with E-state index >= 15 is 0 Å². The summed E-state index contributed by atoms with van der Waals surface area (Å²) < 4.78 is 30.9. The van der Waals surface area contributed by atoms with Crippen molar-refractivity contribution in [1.29, 1.82) is 0 Å². The molecule has 0 aliphatic rings. The van der Waals surface area contributed by atoms with Crippen LogP contribution in [-0.4, -0.2) is 17.8 Å². The standard InChI is InChI=1S/C11H14F2O2/c1-11(2,14)6-7-4-5-8(12)9(13)10(7)15-3/h4-5,14H,6H2,1-3H3. The van der Waals surface area contributed by atoms with E-state index in [0.29, 0.717) is 5.56 Å². The van der Waals surface area contributed by atoms with E-state index in [0.717, 1.165) is 6.07 Å². The van der Waals surface area contributed by atoms with Crippen LogP contribution in [0, 0.1) is 11.6 Å². The number of ether oxygens (including phenoxy) is 1. The molecule has 0 aliphatic carbocycles. The van der Waals surface area contributed by atoms with Gasteiger partial charge in [0.25, 0.3) is 0 Å². The van der Waals surface area contributed by atoms with Gasteiger partial charge >= 0.3 is 0 Å². The van der Waals surface area contributed by atoms with Crippen molar-refractivity contribution in [3.63, 3.8) is 0 Å². The molecule has 1 aromatic rings. The molecule has 1 aromatic carbocycles. The average molecular weight is 216 g/mol. The first-order valence-corrected chi connectivity index (χ1v) is 4.58. The number of halogens is 2. The van der Waals surface area contributed by atoms with E-state index in [-0.39, 0.29) is 12.2 Å². The van der Waals surface area contributed by atoms with Crippen molar-refractivity contribution in [2.75, 3.05) is 7.11 Å². The summed E-state index contributed by atoms with van der Waals surface area (Å²) in [4.78, 5) is 0. The summed E-state index contributed by atoms with van der Waals surface area (Å²) in [5.41, 5.74) is -0.540. The second-order valence-corrected chi connectivity index (χ2v) is 4.04. The zero-order valence-corrected chi connectivity index (χ0v) is 8.97. The third-order valence-electron chi connectivity index (χ3n) is 1.96. The van der Waals surface area contributed by atoms with Crippen molar-refractivity contribution >= 4 is 0 Å². The maximum Gasteiger partial charge on any atom is 0.200 e. The molecule has 1 rings (SSSR count). The molecular formula is C11H14F2O2. The summed E-state index contributed by atoms with van der Waals surface area (Å²) in [5, 5.41) is 9.58. The quantitative estimate of drug-likeness (QED) is 0.840. The van der Waals surface area contributed by atoms with Crippen molar-refractivity contribution in [3.8, 4) is 5.75 Å². The summed E-state index contributed by atoms with van der Waals surface area (Å²) in [6, 6.07) is 2.44. The minimum absolute atomic E-state index is 0.142. The molecule has 0 bridgehead atoms. The van der Waals surface area contributed by atoms with Crippen LogP contribution in [0.5, 0.6) is 5.75 Å². The van der Waals surface area contributed by atoms with Crippen molar-refractivity contribution in [2.45, 2.75) is 25.9 Å². The van der Waals surface area contributed by atoms with Gasteiger partial charge in [-0.25, -0.2) is 4.39 Å². The van der Waals surface area contributed by atoms with Crippen LogP contribution < -0.4 is 4.74 Å². The van der Waals surface area contributed by atoms with Crippen LogP contribution in [0.4, 0.5) is 8.78 Å². The van der Waals surface area contributed by atoms with Crippen molar-refractivity contribution < 1.29 is 18.6 Å². The molecular weight excluding hydrogens is 202 g/mol. The van der Waals surface area contributed by atoms with Crippen LogP contribution >= 0.6 is 0 Å². The maximum atomic E-state index is 13.3. The van der Waals surface area contributed by atoms with E-state index in [1.807, 2.05) is 0 Å². The van der Waals surface area contributed by atoms with Crippen molar-refractivity contribution in [2.24, 2.45) is 0 Å². The van der Waals surface area contributed by atoms with Crippen LogP contribution in [-0.2, 0) is 6.42 Å².